The number of carbonyl (C=O) groups excluding carboxylic acids is 4. The average molecular weight is 562 g/mol. The van der Waals surface area contributed by atoms with Gasteiger partial charge in [0.25, 0.3) is 11.8 Å². The van der Waals surface area contributed by atoms with Crippen molar-refractivity contribution in [2.75, 3.05) is 33.1 Å². The molecule has 0 saturated carbocycles. The van der Waals surface area contributed by atoms with E-state index in [0.717, 1.165) is 4.88 Å². The van der Waals surface area contributed by atoms with Crippen LogP contribution in [0.4, 0.5) is 5.69 Å². The third kappa shape index (κ3) is 6.39. The normalized spacial score (nSPS) is 11.3. The minimum atomic E-state index is -1.25. The predicted octanol–water partition coefficient (Wildman–Crippen LogP) is 1.97. The largest absolute Gasteiger partial charge is 0.493 e. The number of nitrogen functional groups attached to an aromatic ring is 1. The molecular weight excluding hydrogens is 534 g/mol. The van der Waals surface area contributed by atoms with Gasteiger partial charge in [-0.3, -0.25) is 19.2 Å². The molecule has 1 atom stereocenters. The number of anilines is 1. The number of nitrogens with two attached hydrogens (primary N) is 2. The number of nitrogens with one attached hydrogen (secondary N) is 1. The first-order chi connectivity index (χ1) is 18.2. The number of thiophene rings is 1. The fourth-order valence-electron chi connectivity index (χ4n) is 3.57. The van der Waals surface area contributed by atoms with Gasteiger partial charge in [0.05, 0.1) is 33.1 Å². The van der Waals surface area contributed by atoms with Crippen LogP contribution in [-0.2, 0) is 20.9 Å². The highest BCUT2D eigenvalue weighted by molar-refractivity contribution is 7.10. The van der Waals surface area contributed by atoms with E-state index in [-0.39, 0.29) is 29.4 Å². The number of carbonyl (C=O) groups is 4. The summed E-state index contributed by atoms with van der Waals surface area (Å²) in [7, 11) is 2.91. The van der Waals surface area contributed by atoms with E-state index in [1.165, 1.54) is 30.5 Å². The number of rotatable bonds is 12. The van der Waals surface area contributed by atoms with Crippen molar-refractivity contribution in [1.29, 1.82) is 0 Å². The summed E-state index contributed by atoms with van der Waals surface area (Å²) in [4.78, 5) is 53.2. The number of primary amides is 1. The van der Waals surface area contributed by atoms with Crippen LogP contribution in [0.3, 0.4) is 0 Å². The molecule has 3 amide bonds. The van der Waals surface area contributed by atoms with Crippen LogP contribution in [0.2, 0.25) is 0 Å². The molecule has 0 spiro atoms. The first kappa shape index (κ1) is 28.4. The summed E-state index contributed by atoms with van der Waals surface area (Å²) in [5.74, 6) is -2.10. The quantitative estimate of drug-likeness (QED) is 0.279. The van der Waals surface area contributed by atoms with Crippen LogP contribution < -0.4 is 26.3 Å². The first-order valence-electron chi connectivity index (χ1n) is 11.2. The van der Waals surface area contributed by atoms with E-state index in [1.54, 1.807) is 37.3 Å². The summed E-state index contributed by atoms with van der Waals surface area (Å²) in [6, 6.07) is 7.12. The molecule has 1 aromatic carbocycles. The zero-order chi connectivity index (χ0) is 27.8. The molecule has 12 nitrogen and oxygen atoms in total. The molecule has 0 aliphatic carbocycles. The fourth-order valence-corrected chi connectivity index (χ4v) is 5.04. The van der Waals surface area contributed by atoms with Crippen molar-refractivity contribution in [3.8, 4) is 11.5 Å². The van der Waals surface area contributed by atoms with Crippen LogP contribution in [0.1, 0.15) is 43.6 Å². The van der Waals surface area contributed by atoms with Gasteiger partial charge in [-0.2, -0.15) is 4.37 Å². The minimum Gasteiger partial charge on any atom is -0.493 e. The number of nitrogens with zero attached hydrogens (tertiary/aromatic N) is 2. The molecule has 5 N–H and O–H groups in total. The maximum absolute atomic E-state index is 13.9. The second-order valence-corrected chi connectivity index (χ2v) is 9.50. The van der Waals surface area contributed by atoms with Crippen LogP contribution >= 0.6 is 22.9 Å². The van der Waals surface area contributed by atoms with Gasteiger partial charge < -0.3 is 35.9 Å². The number of aromatic nitrogens is 1. The Bertz CT molecular complexity index is 1310. The molecule has 38 heavy (non-hydrogen) atoms. The molecule has 0 saturated heterocycles. The summed E-state index contributed by atoms with van der Waals surface area (Å²) in [5, 5.41) is 4.37. The lowest BCUT2D eigenvalue weighted by atomic mass is 10.0. The van der Waals surface area contributed by atoms with Crippen molar-refractivity contribution in [3.63, 3.8) is 0 Å². The summed E-state index contributed by atoms with van der Waals surface area (Å²) in [6.45, 7) is 1.38. The summed E-state index contributed by atoms with van der Waals surface area (Å²) < 4.78 is 19.5. The van der Waals surface area contributed by atoms with Gasteiger partial charge in [0.1, 0.15) is 17.5 Å². The highest BCUT2D eigenvalue weighted by atomic mass is 32.1. The van der Waals surface area contributed by atoms with Crippen molar-refractivity contribution in [2.24, 2.45) is 5.73 Å². The van der Waals surface area contributed by atoms with Crippen molar-refractivity contribution >= 4 is 52.2 Å². The van der Waals surface area contributed by atoms with Crippen molar-refractivity contribution in [1.82, 2.24) is 14.6 Å². The second kappa shape index (κ2) is 12.9. The van der Waals surface area contributed by atoms with E-state index in [1.807, 2.05) is 5.38 Å². The van der Waals surface area contributed by atoms with Crippen LogP contribution in [-0.4, -0.2) is 60.3 Å². The zero-order valence-electron chi connectivity index (χ0n) is 20.9. The van der Waals surface area contributed by atoms with Gasteiger partial charge >= 0.3 is 5.97 Å². The lowest BCUT2D eigenvalue weighted by Gasteiger charge is -2.31. The Morgan fingerprint density at radius 1 is 1.13 bits per heavy atom. The molecule has 0 aliphatic heterocycles. The van der Waals surface area contributed by atoms with Gasteiger partial charge in [-0.15, -0.1) is 11.3 Å². The van der Waals surface area contributed by atoms with E-state index >= 15 is 0 Å². The van der Waals surface area contributed by atoms with Gasteiger partial charge in [0.2, 0.25) is 5.91 Å². The fraction of sp³-hybridized carbons (Fsp3) is 0.292. The molecule has 3 aromatic rings. The zero-order valence-corrected chi connectivity index (χ0v) is 22.5. The molecule has 3 rings (SSSR count). The number of benzene rings is 1. The molecule has 0 radical (unpaired) electrons. The Morgan fingerprint density at radius 2 is 1.87 bits per heavy atom. The van der Waals surface area contributed by atoms with E-state index in [2.05, 4.69) is 9.69 Å². The number of hydrogen-bond donors (Lipinski definition) is 3. The summed E-state index contributed by atoms with van der Waals surface area (Å²) in [5.41, 5.74) is 11.3. The lowest BCUT2D eigenvalue weighted by molar-refractivity contribution is -0.143. The molecule has 0 unspecified atom stereocenters. The highest BCUT2D eigenvalue weighted by Gasteiger charge is 2.36. The van der Waals surface area contributed by atoms with Crippen molar-refractivity contribution in [3.05, 3.63) is 56.7 Å². The molecule has 14 heteroatoms. The lowest BCUT2D eigenvalue weighted by Crippen LogP contribution is -2.44. The Hall–Kier alpha value is -4.17. The Labute approximate surface area is 226 Å². The smallest absolute Gasteiger partial charge is 0.325 e. The molecule has 0 fully saturated rings. The van der Waals surface area contributed by atoms with Gasteiger partial charge in [0.15, 0.2) is 17.2 Å². The third-order valence-electron chi connectivity index (χ3n) is 5.32. The number of methoxy groups -OCH3 is 2. The number of amides is 3. The van der Waals surface area contributed by atoms with Crippen LogP contribution in [0.25, 0.3) is 0 Å². The van der Waals surface area contributed by atoms with Gasteiger partial charge in [0, 0.05) is 4.88 Å². The standard InChI is InChI=1S/C24H27N5O7S2/c1-4-36-17(30)11-27-23(32)20(13-7-8-15(34-2)16(10-13)35-3)29(12-14-6-5-9-37-14)24(33)21-18(25)19(22(26)31)28-38-21/h5-10,20H,4,11-12,25H2,1-3H3,(H2,26,31)(H,27,32)/t20-/m1/s1. The van der Waals surface area contributed by atoms with Crippen LogP contribution in [0.15, 0.2) is 35.7 Å². The Balaban J connectivity index is 2.13. The number of esters is 1. The molecule has 0 bridgehead atoms. The maximum atomic E-state index is 13.9. The van der Waals surface area contributed by atoms with Crippen LogP contribution in [0.5, 0.6) is 11.5 Å². The van der Waals surface area contributed by atoms with E-state index in [4.69, 9.17) is 25.7 Å². The molecule has 2 heterocycles. The van der Waals surface area contributed by atoms with E-state index in [0.29, 0.717) is 28.6 Å². The molecule has 2 aromatic heterocycles. The maximum Gasteiger partial charge on any atom is 0.325 e. The highest BCUT2D eigenvalue weighted by Crippen LogP contribution is 2.35. The van der Waals surface area contributed by atoms with Crippen LogP contribution in [0, 0.1) is 0 Å². The van der Waals surface area contributed by atoms with Crippen molar-refractivity contribution in [2.45, 2.75) is 19.5 Å². The topological polar surface area (TPSA) is 176 Å². The minimum absolute atomic E-state index is 0.00554. The average Bonchev–Trinajstić information content (AvgIpc) is 3.56. The van der Waals surface area contributed by atoms with Gasteiger partial charge in [-0.25, -0.2) is 0 Å². The second-order valence-electron chi connectivity index (χ2n) is 7.69. The van der Waals surface area contributed by atoms with Crippen molar-refractivity contribution < 1.29 is 33.4 Å². The predicted molar refractivity (Wildman–Crippen MR) is 141 cm³/mol. The number of hydrogen-bond acceptors (Lipinski definition) is 11. The molecule has 0 aliphatic rings. The number of ether oxygens (including phenoxy) is 3. The summed E-state index contributed by atoms with van der Waals surface area (Å²) >= 11 is 2.08. The monoisotopic (exact) mass is 561 g/mol. The van der Waals surface area contributed by atoms with Gasteiger partial charge in [-0.1, -0.05) is 12.1 Å². The van der Waals surface area contributed by atoms with E-state index < -0.39 is 36.3 Å². The Morgan fingerprint density at radius 3 is 2.45 bits per heavy atom. The third-order valence-corrected chi connectivity index (χ3v) is 7.03. The first-order valence-corrected chi connectivity index (χ1v) is 12.9. The SMILES string of the molecule is CCOC(=O)CNC(=O)[C@@H](c1ccc(OC)c(OC)c1)N(Cc1cccs1)C(=O)c1snc(C(N)=O)c1N. The van der Waals surface area contributed by atoms with E-state index in [9.17, 15) is 19.2 Å². The molecule has 202 valence electrons. The molecular formula is C24H27N5O7S2. The summed E-state index contributed by atoms with van der Waals surface area (Å²) in [6.07, 6.45) is 0. The van der Waals surface area contributed by atoms with Gasteiger partial charge in [-0.05, 0) is 47.6 Å². The Kier molecular flexibility index (Phi) is 9.62.